The normalized spacial score (nSPS) is 11.0. The molecule has 1 heterocycles. The van der Waals surface area contributed by atoms with Crippen molar-refractivity contribution in [1.29, 1.82) is 0 Å². The molecule has 1 aromatic carbocycles. The third-order valence-electron chi connectivity index (χ3n) is 3.36. The summed E-state index contributed by atoms with van der Waals surface area (Å²) in [6, 6.07) is 9.62. The fourth-order valence-corrected chi connectivity index (χ4v) is 2.83. The summed E-state index contributed by atoms with van der Waals surface area (Å²) < 4.78 is 9.48. The van der Waals surface area contributed by atoms with E-state index in [9.17, 15) is 19.5 Å². The molecule has 0 bridgehead atoms. The van der Waals surface area contributed by atoms with E-state index in [0.29, 0.717) is 15.5 Å². The minimum absolute atomic E-state index is 0. The summed E-state index contributed by atoms with van der Waals surface area (Å²) in [5.41, 5.74) is 0.523. The minimum Gasteiger partial charge on any atom is -0.549 e. The number of aliphatic carboxylic acids is 1. The van der Waals surface area contributed by atoms with Crippen LogP contribution < -0.4 is 40.0 Å². The van der Waals surface area contributed by atoms with E-state index in [1.807, 2.05) is 0 Å². The van der Waals surface area contributed by atoms with Crippen molar-refractivity contribution in [2.24, 2.45) is 0 Å². The Morgan fingerprint density at radius 3 is 2.44 bits per heavy atom. The van der Waals surface area contributed by atoms with Crippen LogP contribution in [0.4, 0.5) is 4.79 Å². The smallest absolute Gasteiger partial charge is 0.549 e. The van der Waals surface area contributed by atoms with Crippen LogP contribution in [-0.2, 0) is 14.3 Å². The van der Waals surface area contributed by atoms with Gasteiger partial charge in [-0.15, -0.1) is 11.3 Å². The summed E-state index contributed by atoms with van der Waals surface area (Å²) in [6.07, 6.45) is -0.717. The Morgan fingerprint density at radius 2 is 1.85 bits per heavy atom. The van der Waals surface area contributed by atoms with E-state index in [1.165, 1.54) is 11.3 Å². The average molecular weight is 420 g/mol. The minimum atomic E-state index is -1.26. The number of alkyl carbamates (subject to hydrolysis) is 1. The number of carbonyl (C=O) groups excluding carboxylic acids is 3. The van der Waals surface area contributed by atoms with Crippen LogP contribution >= 0.6 is 22.9 Å². The van der Waals surface area contributed by atoms with Crippen LogP contribution in [0.1, 0.15) is 27.6 Å². The second kappa shape index (κ2) is 12.0. The molecule has 1 aromatic heterocycles. The first-order valence-electron chi connectivity index (χ1n) is 7.55. The molecule has 138 valence electrons. The molecule has 1 N–H and O–H groups in total. The number of ether oxygens (including phenoxy) is 2. The number of carboxylic acid groups (broad SMARTS) is 1. The Hall–Kier alpha value is -1.58. The SMILES string of the molecule is O=C(NCCC(C(=O)[O-])c1ccc(Cl)cc1)OCOC(=O)c1cccs1.[Na+]. The van der Waals surface area contributed by atoms with Crippen LogP contribution in [0.5, 0.6) is 0 Å². The molecule has 0 aliphatic rings. The van der Waals surface area contributed by atoms with Gasteiger partial charge in [0.15, 0.2) is 0 Å². The molecule has 0 saturated carbocycles. The molecule has 2 aromatic rings. The summed E-state index contributed by atoms with van der Waals surface area (Å²) in [4.78, 5) is 34.8. The molecule has 0 spiro atoms. The van der Waals surface area contributed by atoms with Crippen molar-refractivity contribution >= 4 is 41.0 Å². The maximum atomic E-state index is 11.5. The van der Waals surface area contributed by atoms with Crippen molar-refractivity contribution in [1.82, 2.24) is 5.32 Å². The van der Waals surface area contributed by atoms with Gasteiger partial charge in [0.05, 0.1) is 0 Å². The third-order valence-corrected chi connectivity index (χ3v) is 4.46. The van der Waals surface area contributed by atoms with Gasteiger partial charge in [-0.3, -0.25) is 0 Å². The molecular weight excluding hydrogens is 405 g/mol. The Morgan fingerprint density at radius 1 is 1.15 bits per heavy atom. The Labute approximate surface area is 186 Å². The largest absolute Gasteiger partial charge is 1.00 e. The fraction of sp³-hybridized carbons (Fsp3) is 0.235. The Kier molecular flexibility index (Phi) is 10.4. The summed E-state index contributed by atoms with van der Waals surface area (Å²) in [5, 5.41) is 15.9. The molecule has 2 rings (SSSR count). The second-order valence-corrected chi connectivity index (χ2v) is 6.48. The zero-order valence-electron chi connectivity index (χ0n) is 14.5. The van der Waals surface area contributed by atoms with Crippen molar-refractivity contribution in [3.63, 3.8) is 0 Å². The van der Waals surface area contributed by atoms with Gasteiger partial charge in [-0.2, -0.15) is 0 Å². The summed E-state index contributed by atoms with van der Waals surface area (Å²) in [7, 11) is 0. The van der Waals surface area contributed by atoms with E-state index in [4.69, 9.17) is 21.1 Å². The van der Waals surface area contributed by atoms with Gasteiger partial charge in [-0.1, -0.05) is 29.8 Å². The molecule has 10 heteroatoms. The molecule has 1 atom stereocenters. The number of amides is 1. The van der Waals surface area contributed by atoms with E-state index in [-0.39, 0.29) is 42.5 Å². The molecule has 1 unspecified atom stereocenters. The number of hydrogen-bond acceptors (Lipinski definition) is 7. The van der Waals surface area contributed by atoms with Gasteiger partial charge >= 0.3 is 41.6 Å². The van der Waals surface area contributed by atoms with Crippen LogP contribution in [0.3, 0.4) is 0 Å². The molecule has 1 amide bonds. The number of thiophene rings is 1. The maximum Gasteiger partial charge on any atom is 1.00 e. The van der Waals surface area contributed by atoms with Crippen LogP contribution in [-0.4, -0.2) is 31.4 Å². The van der Waals surface area contributed by atoms with Crippen molar-refractivity contribution in [3.8, 4) is 0 Å². The number of carbonyl (C=O) groups is 3. The molecule has 0 fully saturated rings. The number of halogens is 1. The maximum absolute atomic E-state index is 11.5. The number of esters is 1. The van der Waals surface area contributed by atoms with Gasteiger partial charge < -0.3 is 24.7 Å². The second-order valence-electron chi connectivity index (χ2n) is 5.10. The number of benzene rings is 1. The van der Waals surface area contributed by atoms with Crippen molar-refractivity contribution in [3.05, 3.63) is 57.2 Å². The summed E-state index contributed by atoms with van der Waals surface area (Å²) in [6.45, 7) is -0.497. The fourth-order valence-electron chi connectivity index (χ4n) is 2.09. The zero-order valence-corrected chi connectivity index (χ0v) is 18.0. The van der Waals surface area contributed by atoms with E-state index in [1.54, 1.807) is 41.8 Å². The van der Waals surface area contributed by atoms with Crippen molar-refractivity contribution < 1.29 is 58.5 Å². The van der Waals surface area contributed by atoms with Gasteiger partial charge in [0, 0.05) is 23.5 Å². The van der Waals surface area contributed by atoms with Gasteiger partial charge in [-0.05, 0) is 35.6 Å². The quantitative estimate of drug-likeness (QED) is 0.340. The van der Waals surface area contributed by atoms with E-state index in [0.717, 1.165) is 0 Å². The van der Waals surface area contributed by atoms with Crippen LogP contribution in [0, 0.1) is 0 Å². The predicted octanol–water partition coefficient (Wildman–Crippen LogP) is -0.830. The molecule has 7 nitrogen and oxygen atoms in total. The van der Waals surface area contributed by atoms with Crippen molar-refractivity contribution in [2.75, 3.05) is 13.3 Å². The van der Waals surface area contributed by atoms with Gasteiger partial charge in [0.25, 0.3) is 0 Å². The monoisotopic (exact) mass is 419 g/mol. The Balaban J connectivity index is 0.00000364. The summed E-state index contributed by atoms with van der Waals surface area (Å²) >= 11 is 6.98. The first-order valence-corrected chi connectivity index (χ1v) is 8.80. The molecular formula is C17H15ClNNaO6S. The zero-order chi connectivity index (χ0) is 18.9. The molecule has 0 aliphatic carbocycles. The van der Waals surface area contributed by atoms with Gasteiger partial charge in [-0.25, -0.2) is 9.59 Å². The predicted molar refractivity (Wildman–Crippen MR) is 92.9 cm³/mol. The summed E-state index contributed by atoms with van der Waals surface area (Å²) in [5.74, 6) is -2.75. The van der Waals surface area contributed by atoms with Gasteiger partial charge in [0.1, 0.15) is 4.88 Å². The molecule has 0 radical (unpaired) electrons. The van der Waals surface area contributed by atoms with Crippen LogP contribution in [0.15, 0.2) is 41.8 Å². The first kappa shape index (κ1) is 23.5. The molecule has 27 heavy (non-hydrogen) atoms. The Bertz CT molecular complexity index is 753. The van der Waals surface area contributed by atoms with E-state index >= 15 is 0 Å². The number of hydrogen-bond donors (Lipinski definition) is 1. The number of rotatable bonds is 8. The number of nitrogens with one attached hydrogen (secondary N) is 1. The van der Waals surface area contributed by atoms with E-state index in [2.05, 4.69) is 5.32 Å². The topological polar surface area (TPSA) is 105 Å². The first-order chi connectivity index (χ1) is 12.5. The average Bonchev–Trinajstić information content (AvgIpc) is 3.14. The standard InChI is InChI=1S/C17H16ClNO6S.Na/c18-12-5-3-11(4-6-12)13(15(20)21)7-8-19-17(23)25-10-24-16(22)14-2-1-9-26-14;/h1-6,9,13H,7-8,10H2,(H,19,23)(H,20,21);/q;+1/p-1. The van der Waals surface area contributed by atoms with Crippen LogP contribution in [0.25, 0.3) is 0 Å². The van der Waals surface area contributed by atoms with Gasteiger partial charge in [0.2, 0.25) is 6.79 Å². The molecule has 0 saturated heterocycles. The number of carboxylic acids is 1. The molecule has 0 aliphatic heterocycles. The third kappa shape index (κ3) is 7.90. The van der Waals surface area contributed by atoms with Crippen LogP contribution in [0.2, 0.25) is 5.02 Å². The van der Waals surface area contributed by atoms with E-state index < -0.39 is 30.7 Å². The van der Waals surface area contributed by atoms with Crippen molar-refractivity contribution in [2.45, 2.75) is 12.3 Å².